The highest BCUT2D eigenvalue weighted by molar-refractivity contribution is 7.09. The third-order valence-corrected chi connectivity index (χ3v) is 4.77. The van der Waals surface area contributed by atoms with E-state index in [2.05, 4.69) is 53.4 Å². The summed E-state index contributed by atoms with van der Waals surface area (Å²) in [5.41, 5.74) is -0.113. The molecule has 0 saturated carbocycles. The van der Waals surface area contributed by atoms with E-state index in [1.165, 1.54) is 4.88 Å². The van der Waals surface area contributed by atoms with E-state index in [1.807, 2.05) is 0 Å². The molecule has 0 bridgehead atoms. The zero-order valence-corrected chi connectivity index (χ0v) is 14.9. The minimum Gasteiger partial charge on any atom is -0.423 e. The van der Waals surface area contributed by atoms with Crippen molar-refractivity contribution in [3.63, 3.8) is 0 Å². The molecule has 1 aliphatic rings. The van der Waals surface area contributed by atoms with Gasteiger partial charge in [-0.2, -0.15) is 0 Å². The molecule has 0 spiro atoms. The predicted molar refractivity (Wildman–Crippen MR) is 90.4 cm³/mol. The molecule has 3 rings (SSSR count). The van der Waals surface area contributed by atoms with Gasteiger partial charge in [-0.05, 0) is 24.3 Å². The molecular formula is C17H25N3O2S. The van der Waals surface area contributed by atoms with Gasteiger partial charge in [0.2, 0.25) is 11.8 Å². The first kappa shape index (κ1) is 16.6. The lowest BCUT2D eigenvalue weighted by molar-refractivity contribution is 0.0649. The van der Waals surface area contributed by atoms with Crippen molar-refractivity contribution in [2.75, 3.05) is 13.2 Å². The molecule has 1 aliphatic heterocycles. The van der Waals surface area contributed by atoms with Gasteiger partial charge in [0.25, 0.3) is 0 Å². The van der Waals surface area contributed by atoms with Crippen molar-refractivity contribution in [2.24, 2.45) is 0 Å². The quantitative estimate of drug-likeness (QED) is 0.807. The Hall–Kier alpha value is -1.24. The van der Waals surface area contributed by atoms with Crippen molar-refractivity contribution in [2.45, 2.75) is 58.2 Å². The highest BCUT2D eigenvalue weighted by Crippen LogP contribution is 2.22. The van der Waals surface area contributed by atoms with Crippen LogP contribution in [0, 0.1) is 0 Å². The van der Waals surface area contributed by atoms with Crippen LogP contribution in [0.25, 0.3) is 0 Å². The Bertz CT molecular complexity index is 598. The van der Waals surface area contributed by atoms with E-state index in [9.17, 15) is 0 Å². The lowest BCUT2D eigenvalue weighted by atomic mass is 9.97. The smallest absolute Gasteiger partial charge is 0.230 e. The van der Waals surface area contributed by atoms with Crippen LogP contribution in [0.5, 0.6) is 0 Å². The van der Waals surface area contributed by atoms with Crippen molar-refractivity contribution >= 4 is 11.3 Å². The van der Waals surface area contributed by atoms with E-state index in [-0.39, 0.29) is 5.41 Å². The fourth-order valence-corrected chi connectivity index (χ4v) is 3.44. The predicted octanol–water partition coefficient (Wildman–Crippen LogP) is 3.61. The molecule has 3 heterocycles. The Morgan fingerprint density at radius 1 is 1.30 bits per heavy atom. The summed E-state index contributed by atoms with van der Waals surface area (Å²) in [6.45, 7) is 9.60. The van der Waals surface area contributed by atoms with Crippen molar-refractivity contribution in [3.8, 4) is 0 Å². The molecular weight excluding hydrogens is 310 g/mol. The monoisotopic (exact) mass is 335 g/mol. The summed E-state index contributed by atoms with van der Waals surface area (Å²) in [7, 11) is 0. The van der Waals surface area contributed by atoms with Gasteiger partial charge >= 0.3 is 0 Å². The van der Waals surface area contributed by atoms with Gasteiger partial charge in [0.05, 0.1) is 12.6 Å². The molecule has 0 N–H and O–H groups in total. The lowest BCUT2D eigenvalue weighted by Gasteiger charge is -2.23. The van der Waals surface area contributed by atoms with Crippen molar-refractivity contribution < 1.29 is 9.15 Å². The first-order chi connectivity index (χ1) is 11.0. The van der Waals surface area contributed by atoms with E-state index < -0.39 is 0 Å². The maximum atomic E-state index is 5.86. The molecule has 2 aromatic heterocycles. The molecule has 5 nitrogen and oxygen atoms in total. The summed E-state index contributed by atoms with van der Waals surface area (Å²) in [6, 6.07) is 4.26. The zero-order chi connectivity index (χ0) is 16.3. The fourth-order valence-electron chi connectivity index (χ4n) is 2.70. The molecule has 1 fully saturated rings. The van der Waals surface area contributed by atoms with Crippen LogP contribution in [0.4, 0.5) is 0 Å². The number of rotatable bonds is 6. The van der Waals surface area contributed by atoms with Crippen LogP contribution in [0.2, 0.25) is 0 Å². The highest BCUT2D eigenvalue weighted by Gasteiger charge is 2.24. The number of hydrogen-bond acceptors (Lipinski definition) is 6. The summed E-state index contributed by atoms with van der Waals surface area (Å²) in [5.74, 6) is 1.38. The topological polar surface area (TPSA) is 51.4 Å². The SMILES string of the molecule is CC(C)(C)c1nnc(CN(Cc2cccs2)C[C@@H]2CCCO2)o1. The molecule has 0 aliphatic carbocycles. The summed E-state index contributed by atoms with van der Waals surface area (Å²) >= 11 is 1.78. The van der Waals surface area contributed by atoms with Gasteiger partial charge < -0.3 is 9.15 Å². The standard InChI is InChI=1S/C17H25N3O2S/c1-17(2,3)16-19-18-15(22-16)12-20(10-13-6-4-8-21-13)11-14-7-5-9-23-14/h5,7,9,13H,4,6,8,10-12H2,1-3H3/t13-/m0/s1. The molecule has 126 valence electrons. The molecule has 23 heavy (non-hydrogen) atoms. The van der Waals surface area contributed by atoms with Crippen LogP contribution in [0.15, 0.2) is 21.9 Å². The average molecular weight is 335 g/mol. The van der Waals surface area contributed by atoms with E-state index in [4.69, 9.17) is 9.15 Å². The Morgan fingerprint density at radius 2 is 2.17 bits per heavy atom. The highest BCUT2D eigenvalue weighted by atomic mass is 32.1. The number of thiophene rings is 1. The van der Waals surface area contributed by atoms with Crippen molar-refractivity contribution in [3.05, 3.63) is 34.2 Å². The van der Waals surface area contributed by atoms with Crippen LogP contribution in [0.1, 0.15) is 50.3 Å². The second-order valence-corrected chi connectivity index (χ2v) is 8.17. The Kier molecular flexibility index (Phi) is 5.14. The summed E-state index contributed by atoms with van der Waals surface area (Å²) in [6.07, 6.45) is 2.62. The average Bonchev–Trinajstić information content (AvgIpc) is 3.18. The molecule has 0 aromatic carbocycles. The number of nitrogens with zero attached hydrogens (tertiary/aromatic N) is 3. The van der Waals surface area contributed by atoms with Gasteiger partial charge in [-0.1, -0.05) is 26.8 Å². The molecule has 6 heteroatoms. The van der Waals surface area contributed by atoms with Crippen LogP contribution in [-0.2, 0) is 23.2 Å². The van der Waals surface area contributed by atoms with Gasteiger partial charge in [0.1, 0.15) is 0 Å². The Morgan fingerprint density at radius 3 is 2.78 bits per heavy atom. The van der Waals surface area contributed by atoms with Crippen molar-refractivity contribution in [1.29, 1.82) is 0 Å². The third kappa shape index (κ3) is 4.62. The van der Waals surface area contributed by atoms with E-state index in [0.717, 1.165) is 32.5 Å². The van der Waals surface area contributed by atoms with Crippen LogP contribution < -0.4 is 0 Å². The van der Waals surface area contributed by atoms with Crippen LogP contribution in [-0.4, -0.2) is 34.4 Å². The molecule has 0 radical (unpaired) electrons. The Balaban J connectivity index is 1.68. The zero-order valence-electron chi connectivity index (χ0n) is 14.1. The minimum atomic E-state index is -0.113. The largest absolute Gasteiger partial charge is 0.423 e. The normalized spacial score (nSPS) is 18.9. The first-order valence-electron chi connectivity index (χ1n) is 8.20. The summed E-state index contributed by atoms with van der Waals surface area (Å²) in [5, 5.41) is 10.5. The first-order valence-corrected chi connectivity index (χ1v) is 9.08. The van der Waals surface area contributed by atoms with Gasteiger partial charge in [-0.25, -0.2) is 0 Å². The van der Waals surface area contributed by atoms with Crippen molar-refractivity contribution in [1.82, 2.24) is 15.1 Å². The second-order valence-electron chi connectivity index (χ2n) is 7.13. The number of hydrogen-bond donors (Lipinski definition) is 0. The van der Waals surface area contributed by atoms with E-state index in [1.54, 1.807) is 11.3 Å². The van der Waals surface area contributed by atoms with E-state index >= 15 is 0 Å². The van der Waals surface area contributed by atoms with Gasteiger partial charge in [-0.15, -0.1) is 21.5 Å². The molecule has 2 aromatic rings. The van der Waals surface area contributed by atoms with Crippen LogP contribution in [0.3, 0.4) is 0 Å². The summed E-state index contributed by atoms with van der Waals surface area (Å²) in [4.78, 5) is 3.69. The molecule has 0 amide bonds. The molecule has 1 saturated heterocycles. The molecule has 0 unspecified atom stereocenters. The minimum absolute atomic E-state index is 0.113. The van der Waals surface area contributed by atoms with Crippen LogP contribution >= 0.6 is 11.3 Å². The maximum absolute atomic E-state index is 5.86. The lowest BCUT2D eigenvalue weighted by Crippen LogP contribution is -2.31. The second kappa shape index (κ2) is 7.11. The van der Waals surface area contributed by atoms with Gasteiger partial charge in [0.15, 0.2) is 0 Å². The van der Waals surface area contributed by atoms with E-state index in [0.29, 0.717) is 24.4 Å². The van der Waals surface area contributed by atoms with Gasteiger partial charge in [0, 0.05) is 30.0 Å². The maximum Gasteiger partial charge on any atom is 0.230 e. The fraction of sp³-hybridized carbons (Fsp3) is 0.647. The Labute approximate surface area is 141 Å². The number of ether oxygens (including phenoxy) is 1. The number of aromatic nitrogens is 2. The summed E-state index contributed by atoms with van der Waals surface area (Å²) < 4.78 is 11.7. The van der Waals surface area contributed by atoms with Gasteiger partial charge in [-0.3, -0.25) is 4.90 Å². The molecule has 1 atom stereocenters. The third-order valence-electron chi connectivity index (χ3n) is 3.91.